The highest BCUT2D eigenvalue weighted by molar-refractivity contribution is 5.89. The Labute approximate surface area is 141 Å². The zero-order valence-corrected chi connectivity index (χ0v) is 13.4. The fraction of sp³-hybridized carbons (Fsp3) is 0.294. The molecule has 0 aliphatic rings. The Hall–Kier alpha value is -2.64. The number of rotatable bonds is 5. The highest BCUT2D eigenvalue weighted by Crippen LogP contribution is 2.42. The number of esters is 1. The topological polar surface area (TPSA) is 48.4 Å². The van der Waals surface area contributed by atoms with Crippen LogP contribution in [0.15, 0.2) is 42.6 Å². The maximum absolute atomic E-state index is 13.8. The Morgan fingerprint density at radius 2 is 1.72 bits per heavy atom. The number of ether oxygens (including phenoxy) is 2. The van der Waals surface area contributed by atoms with Crippen LogP contribution < -0.4 is 4.74 Å². The van der Waals surface area contributed by atoms with E-state index >= 15 is 0 Å². The van der Waals surface area contributed by atoms with Crippen molar-refractivity contribution in [2.24, 2.45) is 0 Å². The molecule has 0 saturated heterocycles. The molecule has 0 N–H and O–H groups in total. The molecule has 0 saturated carbocycles. The summed E-state index contributed by atoms with van der Waals surface area (Å²) in [5.74, 6) is -0.224. The highest BCUT2D eigenvalue weighted by Gasteiger charge is 2.53. The molecule has 0 spiro atoms. The van der Waals surface area contributed by atoms with Crippen molar-refractivity contribution < 1.29 is 31.8 Å². The molecule has 0 aliphatic carbocycles. The van der Waals surface area contributed by atoms with Gasteiger partial charge in [-0.15, -0.1) is 0 Å². The number of alkyl halides is 4. The lowest BCUT2D eigenvalue weighted by molar-refractivity contribution is -0.228. The summed E-state index contributed by atoms with van der Waals surface area (Å²) in [5.41, 5.74) is -3.74. The average molecular weight is 357 g/mol. The van der Waals surface area contributed by atoms with Crippen LogP contribution in [-0.4, -0.2) is 23.7 Å². The number of carbonyl (C=O) groups is 1. The maximum atomic E-state index is 13.8. The molecule has 0 fully saturated rings. The summed E-state index contributed by atoms with van der Waals surface area (Å²) in [5, 5.41) is 0. The summed E-state index contributed by atoms with van der Waals surface area (Å²) in [7, 11) is 0. The van der Waals surface area contributed by atoms with Crippen LogP contribution >= 0.6 is 0 Å². The Balaban J connectivity index is 2.10. The molecule has 25 heavy (non-hydrogen) atoms. The van der Waals surface area contributed by atoms with Crippen LogP contribution in [0.2, 0.25) is 0 Å². The van der Waals surface area contributed by atoms with Crippen molar-refractivity contribution in [2.45, 2.75) is 25.7 Å². The molecule has 0 amide bonds. The minimum atomic E-state index is -5.01. The van der Waals surface area contributed by atoms with E-state index in [1.54, 1.807) is 6.92 Å². The van der Waals surface area contributed by atoms with E-state index < -0.39 is 23.4 Å². The van der Waals surface area contributed by atoms with Gasteiger partial charge in [0.25, 0.3) is 0 Å². The van der Waals surface area contributed by atoms with Gasteiger partial charge in [0.2, 0.25) is 11.5 Å². The minimum absolute atomic E-state index is 0.125. The average Bonchev–Trinajstić information content (AvgIpc) is 2.55. The highest BCUT2D eigenvalue weighted by atomic mass is 19.4. The smallest absolute Gasteiger partial charge is 0.426 e. The number of pyridine rings is 1. The zero-order valence-electron chi connectivity index (χ0n) is 13.4. The van der Waals surface area contributed by atoms with Gasteiger partial charge in [-0.05, 0) is 37.6 Å². The molecule has 0 radical (unpaired) electrons. The molecule has 8 heteroatoms. The third-order valence-electron chi connectivity index (χ3n) is 3.40. The van der Waals surface area contributed by atoms with Crippen LogP contribution in [0.5, 0.6) is 11.6 Å². The molecule has 1 heterocycles. The van der Waals surface area contributed by atoms with E-state index in [9.17, 15) is 22.4 Å². The fourth-order valence-electron chi connectivity index (χ4n) is 1.90. The number of halogens is 4. The van der Waals surface area contributed by atoms with Gasteiger partial charge in [0, 0.05) is 12.3 Å². The number of aromatic nitrogens is 1. The predicted molar refractivity (Wildman–Crippen MR) is 81.2 cm³/mol. The lowest BCUT2D eigenvalue weighted by Crippen LogP contribution is -2.34. The summed E-state index contributed by atoms with van der Waals surface area (Å²) in [6.07, 6.45) is -3.76. The van der Waals surface area contributed by atoms with Crippen LogP contribution in [0.4, 0.5) is 17.6 Å². The molecule has 0 aliphatic heterocycles. The van der Waals surface area contributed by atoms with E-state index in [-0.39, 0.29) is 23.8 Å². The van der Waals surface area contributed by atoms with E-state index in [2.05, 4.69) is 4.98 Å². The van der Waals surface area contributed by atoms with Crippen LogP contribution in [0.25, 0.3) is 0 Å². The Morgan fingerprint density at radius 3 is 2.20 bits per heavy atom. The molecular weight excluding hydrogens is 342 g/mol. The molecule has 2 rings (SSSR count). The van der Waals surface area contributed by atoms with E-state index in [1.165, 1.54) is 30.5 Å². The predicted octanol–water partition coefficient (Wildman–Crippen LogP) is 4.80. The second kappa shape index (κ2) is 7.08. The standard InChI is InChI=1S/C17H15F4NO3/c1-3-24-15(23)11-4-9-14(22-10-11)25-13-7-5-12(6-8-13)16(2,18)17(19,20)21/h4-10H,3H2,1-2H3. The summed E-state index contributed by atoms with van der Waals surface area (Å²) in [6.45, 7) is 2.36. The first-order chi connectivity index (χ1) is 11.6. The van der Waals surface area contributed by atoms with Crippen LogP contribution in [0, 0.1) is 0 Å². The van der Waals surface area contributed by atoms with Gasteiger partial charge in [0.1, 0.15) is 5.75 Å². The van der Waals surface area contributed by atoms with Gasteiger partial charge >= 0.3 is 12.1 Å². The molecular formula is C17H15F4NO3. The van der Waals surface area contributed by atoms with E-state index in [0.717, 1.165) is 12.1 Å². The van der Waals surface area contributed by atoms with Gasteiger partial charge in [-0.1, -0.05) is 12.1 Å². The molecule has 1 aromatic carbocycles. The second-order valence-corrected chi connectivity index (χ2v) is 5.23. The minimum Gasteiger partial charge on any atom is -0.462 e. The molecule has 134 valence electrons. The van der Waals surface area contributed by atoms with Crippen LogP contribution in [0.3, 0.4) is 0 Å². The number of nitrogens with zero attached hydrogens (tertiary/aromatic N) is 1. The Bertz CT molecular complexity index is 725. The van der Waals surface area contributed by atoms with Gasteiger partial charge in [-0.25, -0.2) is 14.2 Å². The third kappa shape index (κ3) is 4.26. The quantitative estimate of drug-likeness (QED) is 0.570. The van der Waals surface area contributed by atoms with E-state index in [4.69, 9.17) is 9.47 Å². The van der Waals surface area contributed by atoms with Crippen molar-refractivity contribution >= 4 is 5.97 Å². The number of benzene rings is 1. The largest absolute Gasteiger partial charge is 0.462 e. The molecule has 0 bridgehead atoms. The lowest BCUT2D eigenvalue weighted by atomic mass is 9.97. The molecule has 4 nitrogen and oxygen atoms in total. The molecule has 1 atom stereocenters. The fourth-order valence-corrected chi connectivity index (χ4v) is 1.90. The summed E-state index contributed by atoms with van der Waals surface area (Å²) in [4.78, 5) is 15.4. The van der Waals surface area contributed by atoms with Crippen molar-refractivity contribution in [3.05, 3.63) is 53.7 Å². The van der Waals surface area contributed by atoms with Gasteiger partial charge < -0.3 is 9.47 Å². The molecule has 2 aromatic rings. The Morgan fingerprint density at radius 1 is 1.08 bits per heavy atom. The van der Waals surface area contributed by atoms with Crippen molar-refractivity contribution in [3.8, 4) is 11.6 Å². The first-order valence-corrected chi connectivity index (χ1v) is 7.32. The van der Waals surface area contributed by atoms with Gasteiger partial charge in [0.05, 0.1) is 12.2 Å². The Kier molecular flexibility index (Phi) is 5.30. The van der Waals surface area contributed by atoms with Crippen molar-refractivity contribution in [1.82, 2.24) is 4.98 Å². The molecule has 1 aromatic heterocycles. The van der Waals surface area contributed by atoms with Crippen molar-refractivity contribution in [1.29, 1.82) is 0 Å². The van der Waals surface area contributed by atoms with Gasteiger partial charge in [0.15, 0.2) is 0 Å². The van der Waals surface area contributed by atoms with Crippen molar-refractivity contribution in [2.75, 3.05) is 6.61 Å². The first kappa shape index (κ1) is 18.7. The summed E-state index contributed by atoms with van der Waals surface area (Å²) >= 11 is 0. The number of hydrogen-bond donors (Lipinski definition) is 0. The second-order valence-electron chi connectivity index (χ2n) is 5.23. The summed E-state index contributed by atoms with van der Waals surface area (Å²) < 4.78 is 62.0. The zero-order chi connectivity index (χ0) is 18.7. The number of hydrogen-bond acceptors (Lipinski definition) is 4. The third-order valence-corrected chi connectivity index (χ3v) is 3.40. The number of carbonyl (C=O) groups excluding carboxylic acids is 1. The van der Waals surface area contributed by atoms with E-state index in [0.29, 0.717) is 6.92 Å². The van der Waals surface area contributed by atoms with Crippen molar-refractivity contribution in [3.63, 3.8) is 0 Å². The van der Waals surface area contributed by atoms with Gasteiger partial charge in [-0.3, -0.25) is 0 Å². The summed E-state index contributed by atoms with van der Waals surface area (Å²) in [6, 6.07) is 7.26. The van der Waals surface area contributed by atoms with Crippen LogP contribution in [-0.2, 0) is 10.4 Å². The SMILES string of the molecule is CCOC(=O)c1ccc(Oc2ccc(C(C)(F)C(F)(F)F)cc2)nc1. The van der Waals surface area contributed by atoms with E-state index in [1.807, 2.05) is 0 Å². The lowest BCUT2D eigenvalue weighted by Gasteiger charge is -2.24. The van der Waals surface area contributed by atoms with Crippen LogP contribution in [0.1, 0.15) is 29.8 Å². The normalized spacial score (nSPS) is 13.8. The monoisotopic (exact) mass is 357 g/mol. The molecule has 1 unspecified atom stereocenters. The maximum Gasteiger partial charge on any atom is 0.426 e. The first-order valence-electron chi connectivity index (χ1n) is 7.32. The van der Waals surface area contributed by atoms with Gasteiger partial charge in [-0.2, -0.15) is 13.2 Å².